The monoisotopic (exact) mass is 406 g/mol. The fraction of sp³-hybridized carbons (Fsp3) is 0.409. The minimum Gasteiger partial charge on any atom is -0.340 e. The van der Waals surface area contributed by atoms with Gasteiger partial charge in [0.05, 0.1) is 12.2 Å². The summed E-state index contributed by atoms with van der Waals surface area (Å²) in [6.45, 7) is 9.32. The lowest BCUT2D eigenvalue weighted by atomic mass is 10.1. The molecule has 1 N–H and O–H groups in total. The quantitative estimate of drug-likeness (QED) is 0.655. The Bertz CT molecular complexity index is 1300. The van der Waals surface area contributed by atoms with Gasteiger partial charge in [-0.3, -0.25) is 13.9 Å². The van der Waals surface area contributed by atoms with Crippen LogP contribution in [0.15, 0.2) is 27.8 Å². The maximum Gasteiger partial charge on any atom is 0.337 e. The molecule has 0 spiro atoms. The SMILES string of the molecule is CC#CCn1c(N2CCNCC2)nc2c1c(=O)n(C)c(=O)n2-c1cccc(C)c1C. The summed E-state index contributed by atoms with van der Waals surface area (Å²) in [6.07, 6.45) is 0. The number of hydrogen-bond donors (Lipinski definition) is 1. The van der Waals surface area contributed by atoms with Crippen molar-refractivity contribution in [1.82, 2.24) is 24.0 Å². The van der Waals surface area contributed by atoms with Crippen LogP contribution in [0.1, 0.15) is 18.1 Å². The molecule has 156 valence electrons. The van der Waals surface area contributed by atoms with Crippen molar-refractivity contribution < 1.29 is 0 Å². The molecule has 0 bridgehead atoms. The Balaban J connectivity index is 2.12. The highest BCUT2D eigenvalue weighted by atomic mass is 16.2. The molecular formula is C22H26N6O2. The Hall–Kier alpha value is -3.31. The maximum atomic E-state index is 13.2. The second kappa shape index (κ2) is 7.84. The van der Waals surface area contributed by atoms with Gasteiger partial charge >= 0.3 is 5.69 Å². The molecule has 1 aliphatic rings. The van der Waals surface area contributed by atoms with Crippen LogP contribution in [0.3, 0.4) is 0 Å². The number of nitrogens with zero attached hydrogens (tertiary/aromatic N) is 5. The predicted octanol–water partition coefficient (Wildman–Crippen LogP) is 0.936. The summed E-state index contributed by atoms with van der Waals surface area (Å²) in [4.78, 5) is 33.4. The van der Waals surface area contributed by atoms with Crippen molar-refractivity contribution in [1.29, 1.82) is 0 Å². The Morgan fingerprint density at radius 2 is 1.90 bits per heavy atom. The molecule has 8 heteroatoms. The molecule has 8 nitrogen and oxygen atoms in total. The van der Waals surface area contributed by atoms with Crippen molar-refractivity contribution >= 4 is 17.1 Å². The predicted molar refractivity (Wildman–Crippen MR) is 119 cm³/mol. The number of anilines is 1. The molecule has 0 unspecified atom stereocenters. The van der Waals surface area contributed by atoms with E-state index in [1.807, 2.05) is 36.6 Å². The molecule has 3 aromatic rings. The van der Waals surface area contributed by atoms with Crippen LogP contribution < -0.4 is 21.5 Å². The average molecular weight is 406 g/mol. The molecule has 0 aliphatic carbocycles. The van der Waals surface area contributed by atoms with E-state index in [2.05, 4.69) is 22.1 Å². The zero-order valence-electron chi connectivity index (χ0n) is 17.8. The van der Waals surface area contributed by atoms with Crippen molar-refractivity contribution in [2.75, 3.05) is 31.1 Å². The van der Waals surface area contributed by atoms with E-state index in [0.29, 0.717) is 23.7 Å². The third kappa shape index (κ3) is 3.12. The highest BCUT2D eigenvalue weighted by Gasteiger charge is 2.25. The summed E-state index contributed by atoms with van der Waals surface area (Å²) in [5, 5.41) is 3.33. The first-order valence-electron chi connectivity index (χ1n) is 10.1. The molecule has 0 amide bonds. The molecule has 0 radical (unpaired) electrons. The largest absolute Gasteiger partial charge is 0.340 e. The zero-order valence-corrected chi connectivity index (χ0v) is 17.8. The normalized spacial score (nSPS) is 14.1. The summed E-state index contributed by atoms with van der Waals surface area (Å²) in [7, 11) is 1.51. The van der Waals surface area contributed by atoms with E-state index < -0.39 is 5.69 Å². The third-order valence-corrected chi connectivity index (χ3v) is 5.76. The number of piperazine rings is 1. The lowest BCUT2D eigenvalue weighted by molar-refractivity contribution is 0.573. The molecular weight excluding hydrogens is 380 g/mol. The first kappa shape index (κ1) is 20.0. The van der Waals surface area contributed by atoms with E-state index in [-0.39, 0.29) is 5.56 Å². The van der Waals surface area contributed by atoms with Gasteiger partial charge < -0.3 is 10.2 Å². The second-order valence-electron chi connectivity index (χ2n) is 7.54. The highest BCUT2D eigenvalue weighted by Crippen LogP contribution is 2.24. The van der Waals surface area contributed by atoms with Crippen molar-refractivity contribution in [3.8, 4) is 17.5 Å². The van der Waals surface area contributed by atoms with Crippen molar-refractivity contribution in [3.63, 3.8) is 0 Å². The fourth-order valence-electron chi connectivity index (χ4n) is 3.89. The number of hydrogen-bond acceptors (Lipinski definition) is 5. The van der Waals surface area contributed by atoms with Crippen LogP contribution in [0.2, 0.25) is 0 Å². The van der Waals surface area contributed by atoms with Crippen LogP contribution in [0.4, 0.5) is 5.95 Å². The van der Waals surface area contributed by atoms with Crippen LogP contribution in [0.25, 0.3) is 16.9 Å². The molecule has 1 aliphatic heterocycles. The summed E-state index contributed by atoms with van der Waals surface area (Å²) >= 11 is 0. The number of rotatable bonds is 3. The lowest BCUT2D eigenvalue weighted by Crippen LogP contribution is -2.44. The van der Waals surface area contributed by atoms with Crippen LogP contribution in [0, 0.1) is 25.7 Å². The van der Waals surface area contributed by atoms with Crippen LogP contribution in [-0.4, -0.2) is 44.9 Å². The average Bonchev–Trinajstić information content (AvgIpc) is 3.13. The van der Waals surface area contributed by atoms with E-state index in [9.17, 15) is 9.59 Å². The van der Waals surface area contributed by atoms with E-state index in [1.165, 1.54) is 7.05 Å². The van der Waals surface area contributed by atoms with E-state index in [1.54, 1.807) is 11.5 Å². The van der Waals surface area contributed by atoms with Gasteiger partial charge in [-0.05, 0) is 38.0 Å². The second-order valence-corrected chi connectivity index (χ2v) is 7.54. The van der Waals surface area contributed by atoms with Crippen molar-refractivity contribution in [2.24, 2.45) is 7.05 Å². The highest BCUT2D eigenvalue weighted by molar-refractivity contribution is 5.77. The third-order valence-electron chi connectivity index (χ3n) is 5.76. The Kier molecular flexibility index (Phi) is 5.22. The Morgan fingerprint density at radius 1 is 1.17 bits per heavy atom. The summed E-state index contributed by atoms with van der Waals surface area (Å²) < 4.78 is 4.56. The van der Waals surface area contributed by atoms with E-state index in [4.69, 9.17) is 4.98 Å². The van der Waals surface area contributed by atoms with Gasteiger partial charge in [0.2, 0.25) is 5.95 Å². The molecule has 3 heterocycles. The summed E-state index contributed by atoms with van der Waals surface area (Å²) in [5.41, 5.74) is 2.80. The molecule has 1 fully saturated rings. The summed E-state index contributed by atoms with van der Waals surface area (Å²) in [6, 6.07) is 5.81. The Morgan fingerprint density at radius 3 is 2.60 bits per heavy atom. The van der Waals surface area contributed by atoms with Gasteiger partial charge in [-0.2, -0.15) is 4.98 Å². The van der Waals surface area contributed by atoms with Gasteiger partial charge in [-0.25, -0.2) is 9.36 Å². The summed E-state index contributed by atoms with van der Waals surface area (Å²) in [5.74, 6) is 6.64. The van der Waals surface area contributed by atoms with Crippen LogP contribution in [-0.2, 0) is 13.6 Å². The topological polar surface area (TPSA) is 77.1 Å². The molecule has 30 heavy (non-hydrogen) atoms. The molecule has 1 aromatic carbocycles. The van der Waals surface area contributed by atoms with Crippen molar-refractivity contribution in [2.45, 2.75) is 27.3 Å². The minimum atomic E-state index is -0.403. The van der Waals surface area contributed by atoms with Gasteiger partial charge in [0.15, 0.2) is 11.2 Å². The van der Waals surface area contributed by atoms with Crippen molar-refractivity contribution in [3.05, 3.63) is 50.2 Å². The van der Waals surface area contributed by atoms with Gasteiger partial charge in [-0.15, -0.1) is 5.92 Å². The minimum absolute atomic E-state index is 0.340. The number of aromatic nitrogens is 4. The van der Waals surface area contributed by atoms with E-state index >= 15 is 0 Å². The number of fused-ring (bicyclic) bond motifs is 1. The molecule has 4 rings (SSSR count). The molecule has 2 aromatic heterocycles. The zero-order chi connectivity index (χ0) is 21.4. The fourth-order valence-corrected chi connectivity index (χ4v) is 3.89. The standard InChI is InChI=1S/C22H26N6O2/c1-5-6-12-27-18-19(24-21(27)26-13-10-23-11-14-26)28(22(30)25(4)20(18)29)17-9-7-8-15(2)16(17)3/h7-9,23H,10-14H2,1-4H3. The number of aryl methyl sites for hydroxylation is 1. The molecule has 0 atom stereocenters. The number of imidazole rings is 1. The Labute approximate surface area is 174 Å². The van der Waals surface area contributed by atoms with Gasteiger partial charge in [0.1, 0.15) is 0 Å². The van der Waals surface area contributed by atoms with Crippen LogP contribution >= 0.6 is 0 Å². The first-order chi connectivity index (χ1) is 14.5. The smallest absolute Gasteiger partial charge is 0.337 e. The maximum absolute atomic E-state index is 13.2. The number of benzene rings is 1. The molecule has 1 saturated heterocycles. The first-order valence-corrected chi connectivity index (χ1v) is 10.1. The molecule has 0 saturated carbocycles. The number of nitrogens with one attached hydrogen (secondary N) is 1. The van der Waals surface area contributed by atoms with Crippen LogP contribution in [0.5, 0.6) is 0 Å². The van der Waals surface area contributed by atoms with Gasteiger partial charge in [0.25, 0.3) is 5.56 Å². The van der Waals surface area contributed by atoms with Gasteiger partial charge in [0, 0.05) is 33.2 Å². The lowest BCUT2D eigenvalue weighted by Gasteiger charge is -2.28. The van der Waals surface area contributed by atoms with Gasteiger partial charge in [-0.1, -0.05) is 18.1 Å². The van der Waals surface area contributed by atoms with E-state index in [0.717, 1.165) is 47.6 Å².